The Morgan fingerprint density at radius 3 is 2.27 bits per heavy atom. The molecule has 1 rings (SSSR count). The van der Waals surface area contributed by atoms with Gasteiger partial charge in [-0.25, -0.2) is 0 Å². The van der Waals surface area contributed by atoms with E-state index in [1.165, 1.54) is 5.54 Å². The Morgan fingerprint density at radius 1 is 1.00 bits per heavy atom. The second-order valence-corrected chi connectivity index (χ2v) is 3.09. The molecule has 0 amide bonds. The van der Waals surface area contributed by atoms with E-state index in [1.807, 2.05) is 48.6 Å². The molecule has 0 radical (unpaired) electrons. The zero-order chi connectivity index (χ0) is 10.9. The molecule has 0 bridgehead atoms. The molecular formula is C13H13ClO. The number of hydrogen-bond donors (Lipinski definition) is 0. The highest BCUT2D eigenvalue weighted by Crippen LogP contribution is 2.12. The van der Waals surface area contributed by atoms with Crippen molar-refractivity contribution in [3.63, 3.8) is 0 Å². The van der Waals surface area contributed by atoms with Crippen molar-refractivity contribution in [1.29, 1.82) is 0 Å². The molecule has 0 heterocycles. The largest absolute Gasteiger partial charge is 0.497 e. The van der Waals surface area contributed by atoms with Crippen molar-refractivity contribution in [1.82, 2.24) is 0 Å². The van der Waals surface area contributed by atoms with Crippen molar-refractivity contribution >= 4 is 17.7 Å². The Kier molecular flexibility index (Phi) is 5.34. The van der Waals surface area contributed by atoms with E-state index in [1.54, 1.807) is 13.2 Å². The SMILES string of the molecule is COc1ccc(/C=C/C=C\C=C\Cl)cc1. The van der Waals surface area contributed by atoms with Gasteiger partial charge in [0.2, 0.25) is 0 Å². The first-order valence-electron chi connectivity index (χ1n) is 4.61. The number of methoxy groups -OCH3 is 1. The summed E-state index contributed by atoms with van der Waals surface area (Å²) in [5, 5.41) is 0. The average molecular weight is 221 g/mol. The molecule has 0 saturated heterocycles. The van der Waals surface area contributed by atoms with Gasteiger partial charge in [0, 0.05) is 5.54 Å². The summed E-state index contributed by atoms with van der Waals surface area (Å²) in [5.41, 5.74) is 2.60. The van der Waals surface area contributed by atoms with Crippen LogP contribution < -0.4 is 4.74 Å². The normalized spacial score (nSPS) is 11.9. The smallest absolute Gasteiger partial charge is 0.118 e. The number of hydrogen-bond acceptors (Lipinski definition) is 1. The van der Waals surface area contributed by atoms with Crippen LogP contribution in [-0.4, -0.2) is 7.11 Å². The first-order valence-corrected chi connectivity index (χ1v) is 5.04. The molecule has 15 heavy (non-hydrogen) atoms. The molecule has 0 aromatic heterocycles. The molecule has 0 atom stereocenters. The lowest BCUT2D eigenvalue weighted by atomic mass is 10.2. The standard InChI is InChI=1S/C13H13ClO/c1-15-13-9-7-12(8-10-13)6-4-2-3-5-11-14/h2-11H,1H3/b3-2-,6-4+,11-5+. The van der Waals surface area contributed by atoms with Crippen LogP contribution in [0.5, 0.6) is 5.75 Å². The van der Waals surface area contributed by atoms with Crippen LogP contribution in [0.1, 0.15) is 5.56 Å². The third-order valence-corrected chi connectivity index (χ3v) is 1.96. The summed E-state index contributed by atoms with van der Waals surface area (Å²) < 4.78 is 5.06. The Morgan fingerprint density at radius 2 is 1.67 bits per heavy atom. The van der Waals surface area contributed by atoms with Gasteiger partial charge in [-0.05, 0) is 17.7 Å². The molecule has 0 spiro atoms. The minimum atomic E-state index is 0.868. The fraction of sp³-hybridized carbons (Fsp3) is 0.0769. The van der Waals surface area contributed by atoms with Crippen LogP contribution in [0.15, 0.2) is 54.1 Å². The molecule has 0 saturated carbocycles. The molecule has 0 unspecified atom stereocenters. The van der Waals surface area contributed by atoms with Crippen molar-refractivity contribution < 1.29 is 4.74 Å². The number of ether oxygens (including phenoxy) is 1. The number of rotatable bonds is 4. The fourth-order valence-corrected chi connectivity index (χ4v) is 1.14. The minimum Gasteiger partial charge on any atom is -0.497 e. The van der Waals surface area contributed by atoms with Crippen LogP contribution in [0.25, 0.3) is 6.08 Å². The van der Waals surface area contributed by atoms with Gasteiger partial charge in [-0.3, -0.25) is 0 Å². The molecule has 2 heteroatoms. The van der Waals surface area contributed by atoms with Crippen LogP contribution in [0.3, 0.4) is 0 Å². The Labute approximate surface area is 95.3 Å². The lowest BCUT2D eigenvalue weighted by Gasteiger charge is -1.98. The summed E-state index contributed by atoms with van der Waals surface area (Å²) in [6, 6.07) is 7.87. The Balaban J connectivity index is 2.57. The van der Waals surface area contributed by atoms with Crippen molar-refractivity contribution in [3.8, 4) is 5.75 Å². The molecule has 1 aromatic rings. The van der Waals surface area contributed by atoms with E-state index >= 15 is 0 Å². The summed E-state index contributed by atoms with van der Waals surface area (Å²) in [4.78, 5) is 0. The van der Waals surface area contributed by atoms with Crippen molar-refractivity contribution in [3.05, 3.63) is 59.7 Å². The zero-order valence-electron chi connectivity index (χ0n) is 8.56. The number of benzene rings is 1. The molecule has 1 nitrogen and oxygen atoms in total. The highest BCUT2D eigenvalue weighted by atomic mass is 35.5. The van der Waals surface area contributed by atoms with Gasteiger partial charge < -0.3 is 4.74 Å². The predicted octanol–water partition coefficient (Wildman–Crippen LogP) is 4.02. The van der Waals surface area contributed by atoms with Gasteiger partial charge in [0.15, 0.2) is 0 Å². The van der Waals surface area contributed by atoms with Gasteiger partial charge in [-0.15, -0.1) is 0 Å². The summed E-state index contributed by atoms with van der Waals surface area (Å²) in [6.07, 6.45) is 9.52. The van der Waals surface area contributed by atoms with E-state index in [9.17, 15) is 0 Å². The van der Waals surface area contributed by atoms with Crippen molar-refractivity contribution in [2.75, 3.05) is 7.11 Å². The van der Waals surface area contributed by atoms with Crippen molar-refractivity contribution in [2.45, 2.75) is 0 Å². The predicted molar refractivity (Wildman–Crippen MR) is 66.2 cm³/mol. The van der Waals surface area contributed by atoms with Gasteiger partial charge >= 0.3 is 0 Å². The Hall–Kier alpha value is -1.47. The maximum atomic E-state index is 5.36. The molecule has 0 aliphatic rings. The van der Waals surface area contributed by atoms with Crippen LogP contribution in [0, 0.1) is 0 Å². The third-order valence-electron chi connectivity index (χ3n) is 1.81. The Bertz CT molecular complexity index is 361. The zero-order valence-corrected chi connectivity index (χ0v) is 9.32. The molecule has 1 aromatic carbocycles. The summed E-state index contributed by atoms with van der Waals surface area (Å²) >= 11 is 5.36. The van der Waals surface area contributed by atoms with E-state index < -0.39 is 0 Å². The lowest BCUT2D eigenvalue weighted by molar-refractivity contribution is 0.415. The first kappa shape index (κ1) is 11.6. The van der Waals surface area contributed by atoms with Crippen LogP contribution in [-0.2, 0) is 0 Å². The highest BCUT2D eigenvalue weighted by molar-refractivity contribution is 6.25. The summed E-state index contributed by atoms with van der Waals surface area (Å²) in [7, 11) is 1.66. The van der Waals surface area contributed by atoms with Crippen LogP contribution >= 0.6 is 11.6 Å². The second-order valence-electron chi connectivity index (χ2n) is 2.84. The van der Waals surface area contributed by atoms with E-state index in [4.69, 9.17) is 16.3 Å². The molecule has 0 N–H and O–H groups in total. The fourth-order valence-electron chi connectivity index (χ4n) is 1.05. The number of halogens is 1. The second kappa shape index (κ2) is 6.91. The van der Waals surface area contributed by atoms with E-state index in [-0.39, 0.29) is 0 Å². The van der Waals surface area contributed by atoms with Gasteiger partial charge in [0.05, 0.1) is 7.11 Å². The van der Waals surface area contributed by atoms with E-state index in [0.717, 1.165) is 11.3 Å². The summed E-state index contributed by atoms with van der Waals surface area (Å²) in [5.74, 6) is 0.868. The molecule has 0 aliphatic carbocycles. The highest BCUT2D eigenvalue weighted by Gasteiger charge is 1.88. The summed E-state index contributed by atoms with van der Waals surface area (Å²) in [6.45, 7) is 0. The molecule has 0 aliphatic heterocycles. The van der Waals surface area contributed by atoms with Gasteiger partial charge in [-0.2, -0.15) is 0 Å². The molecular weight excluding hydrogens is 208 g/mol. The van der Waals surface area contributed by atoms with Crippen molar-refractivity contribution in [2.24, 2.45) is 0 Å². The van der Waals surface area contributed by atoms with E-state index in [0.29, 0.717) is 0 Å². The maximum absolute atomic E-state index is 5.36. The van der Waals surface area contributed by atoms with Gasteiger partial charge in [0.25, 0.3) is 0 Å². The van der Waals surface area contributed by atoms with Crippen LogP contribution in [0.2, 0.25) is 0 Å². The van der Waals surface area contributed by atoms with E-state index in [2.05, 4.69) is 0 Å². The first-order chi connectivity index (χ1) is 7.36. The topological polar surface area (TPSA) is 9.23 Å². The maximum Gasteiger partial charge on any atom is 0.118 e. The monoisotopic (exact) mass is 220 g/mol. The minimum absolute atomic E-state index is 0.868. The molecule has 0 fully saturated rings. The number of allylic oxidation sites excluding steroid dienone is 4. The lowest BCUT2D eigenvalue weighted by Crippen LogP contribution is -1.81. The molecule has 78 valence electrons. The van der Waals surface area contributed by atoms with Gasteiger partial charge in [-0.1, -0.05) is 54.1 Å². The van der Waals surface area contributed by atoms with Gasteiger partial charge in [0.1, 0.15) is 5.75 Å². The third kappa shape index (κ3) is 4.52. The quantitative estimate of drug-likeness (QED) is 0.697. The average Bonchev–Trinajstić information content (AvgIpc) is 2.30. The van der Waals surface area contributed by atoms with Crippen LogP contribution in [0.4, 0.5) is 0 Å².